The molecule has 0 spiro atoms. The third-order valence-corrected chi connectivity index (χ3v) is 5.36. The van der Waals surface area contributed by atoms with E-state index < -0.39 is 0 Å². The highest BCUT2D eigenvalue weighted by atomic mass is 35.5. The molecule has 2 aliphatic rings. The molecule has 0 N–H and O–H groups in total. The van der Waals surface area contributed by atoms with E-state index in [1.54, 1.807) is 12.4 Å². The monoisotopic (exact) mass is 305 g/mol. The zero-order chi connectivity index (χ0) is 13.7. The fourth-order valence-corrected chi connectivity index (χ4v) is 4.28. The Kier molecular flexibility index (Phi) is 2.79. The van der Waals surface area contributed by atoms with Gasteiger partial charge in [0.25, 0.3) is 5.91 Å². The topological polar surface area (TPSA) is 46.1 Å². The summed E-state index contributed by atoms with van der Waals surface area (Å²) in [5.74, 6) is 0.0869. The first kappa shape index (κ1) is 12.3. The number of thiophene rings is 1. The maximum atomic E-state index is 12.7. The lowest BCUT2D eigenvalue weighted by molar-refractivity contribution is 0.0649. The Morgan fingerprint density at radius 3 is 3.10 bits per heavy atom. The number of fused-ring (bicyclic) bond motifs is 4. The first-order chi connectivity index (χ1) is 9.74. The Labute approximate surface area is 125 Å². The number of carbonyl (C=O) groups excluding carboxylic acids is 1. The highest BCUT2D eigenvalue weighted by molar-refractivity contribution is 7.17. The van der Waals surface area contributed by atoms with E-state index in [2.05, 4.69) is 9.97 Å². The predicted molar refractivity (Wildman–Crippen MR) is 77.0 cm³/mol. The Bertz CT molecular complexity index is 687. The molecule has 2 aliphatic heterocycles. The molecule has 4 nitrogen and oxygen atoms in total. The molecular weight excluding hydrogens is 294 g/mol. The fourth-order valence-electron chi connectivity index (χ4n) is 3.29. The van der Waals surface area contributed by atoms with Crippen molar-refractivity contribution in [2.45, 2.75) is 31.3 Å². The summed E-state index contributed by atoms with van der Waals surface area (Å²) in [6.45, 7) is 0. The van der Waals surface area contributed by atoms with Crippen molar-refractivity contribution in [1.82, 2.24) is 14.9 Å². The third kappa shape index (κ3) is 1.77. The molecule has 2 atom stereocenters. The molecule has 0 aliphatic carbocycles. The van der Waals surface area contributed by atoms with E-state index in [0.717, 1.165) is 30.5 Å². The minimum Gasteiger partial charge on any atom is -0.327 e. The van der Waals surface area contributed by atoms with E-state index >= 15 is 0 Å². The number of amides is 1. The van der Waals surface area contributed by atoms with Crippen LogP contribution in [-0.2, 0) is 6.42 Å². The average molecular weight is 306 g/mol. The quantitative estimate of drug-likeness (QED) is 0.813. The summed E-state index contributed by atoms with van der Waals surface area (Å²) < 4.78 is 0.654. The van der Waals surface area contributed by atoms with Gasteiger partial charge in [-0.1, -0.05) is 11.6 Å². The first-order valence-electron chi connectivity index (χ1n) is 6.61. The SMILES string of the molecule is O=C(c1ccc(Cl)s1)N1[C@H]2CC[C@H]1c1cncnc1C2. The van der Waals surface area contributed by atoms with Crippen LogP contribution in [0.4, 0.5) is 0 Å². The summed E-state index contributed by atoms with van der Waals surface area (Å²) in [5, 5.41) is 0. The predicted octanol–water partition coefficient (Wildman–Crippen LogP) is 3.09. The van der Waals surface area contributed by atoms with Crippen LogP contribution in [-0.4, -0.2) is 26.8 Å². The number of hydrogen-bond donors (Lipinski definition) is 0. The van der Waals surface area contributed by atoms with Gasteiger partial charge in [0.2, 0.25) is 0 Å². The molecule has 2 bridgehead atoms. The Hall–Kier alpha value is -1.46. The molecule has 2 aromatic heterocycles. The van der Waals surface area contributed by atoms with Crippen molar-refractivity contribution in [3.8, 4) is 0 Å². The second-order valence-corrected chi connectivity index (χ2v) is 6.91. The van der Waals surface area contributed by atoms with Crippen LogP contribution in [0.3, 0.4) is 0 Å². The maximum Gasteiger partial charge on any atom is 0.264 e. The lowest BCUT2D eigenvalue weighted by atomic mass is 9.99. The van der Waals surface area contributed by atoms with Gasteiger partial charge in [-0.3, -0.25) is 4.79 Å². The van der Waals surface area contributed by atoms with Crippen LogP contribution in [0.15, 0.2) is 24.7 Å². The summed E-state index contributed by atoms with van der Waals surface area (Å²) in [4.78, 5) is 23.9. The van der Waals surface area contributed by atoms with Crippen LogP contribution in [0.1, 0.15) is 39.8 Å². The molecule has 6 heteroatoms. The molecule has 1 saturated heterocycles. The zero-order valence-corrected chi connectivity index (χ0v) is 12.2. The number of halogens is 1. The smallest absolute Gasteiger partial charge is 0.264 e. The second-order valence-electron chi connectivity index (χ2n) is 5.19. The number of carbonyl (C=O) groups is 1. The molecule has 0 unspecified atom stereocenters. The molecule has 1 fully saturated rings. The van der Waals surface area contributed by atoms with E-state index in [1.807, 2.05) is 17.2 Å². The van der Waals surface area contributed by atoms with Crippen LogP contribution < -0.4 is 0 Å². The van der Waals surface area contributed by atoms with Crippen molar-refractivity contribution in [2.24, 2.45) is 0 Å². The van der Waals surface area contributed by atoms with Gasteiger partial charge in [-0.2, -0.15) is 0 Å². The number of aromatic nitrogens is 2. The molecule has 4 heterocycles. The summed E-state index contributed by atoms with van der Waals surface area (Å²) in [6.07, 6.45) is 6.31. The molecule has 0 aromatic carbocycles. The number of hydrogen-bond acceptors (Lipinski definition) is 4. The van der Waals surface area contributed by atoms with Gasteiger partial charge < -0.3 is 4.90 Å². The first-order valence-corrected chi connectivity index (χ1v) is 7.80. The molecule has 0 radical (unpaired) electrons. The molecule has 20 heavy (non-hydrogen) atoms. The summed E-state index contributed by atoms with van der Waals surface area (Å²) in [7, 11) is 0. The number of nitrogens with zero attached hydrogens (tertiary/aromatic N) is 3. The van der Waals surface area contributed by atoms with Crippen LogP contribution >= 0.6 is 22.9 Å². The van der Waals surface area contributed by atoms with E-state index in [0.29, 0.717) is 9.21 Å². The molecule has 1 amide bonds. The molecule has 4 rings (SSSR count). The minimum absolute atomic E-state index is 0.0869. The summed E-state index contributed by atoms with van der Waals surface area (Å²) in [6, 6.07) is 3.97. The molecular formula is C14H12ClN3OS. The maximum absolute atomic E-state index is 12.7. The van der Waals surface area contributed by atoms with Crippen molar-refractivity contribution in [1.29, 1.82) is 0 Å². The molecule has 102 valence electrons. The Morgan fingerprint density at radius 1 is 1.40 bits per heavy atom. The summed E-state index contributed by atoms with van der Waals surface area (Å²) in [5.41, 5.74) is 2.21. The number of rotatable bonds is 1. The lowest BCUT2D eigenvalue weighted by Gasteiger charge is -2.35. The van der Waals surface area contributed by atoms with Gasteiger partial charge in [-0.05, 0) is 25.0 Å². The largest absolute Gasteiger partial charge is 0.327 e. The van der Waals surface area contributed by atoms with Gasteiger partial charge in [0.05, 0.1) is 20.9 Å². The minimum atomic E-state index is 0.0869. The second kappa shape index (κ2) is 4.53. The molecule has 2 aromatic rings. The van der Waals surface area contributed by atoms with Crippen molar-refractivity contribution < 1.29 is 4.79 Å². The zero-order valence-electron chi connectivity index (χ0n) is 10.6. The van der Waals surface area contributed by atoms with E-state index in [9.17, 15) is 4.79 Å². The van der Waals surface area contributed by atoms with Gasteiger partial charge in [0, 0.05) is 24.2 Å². The van der Waals surface area contributed by atoms with Crippen LogP contribution in [0.25, 0.3) is 0 Å². The Balaban J connectivity index is 1.73. The van der Waals surface area contributed by atoms with E-state index in [1.165, 1.54) is 11.3 Å². The van der Waals surface area contributed by atoms with Crippen molar-refractivity contribution in [2.75, 3.05) is 0 Å². The third-order valence-electron chi connectivity index (χ3n) is 4.14. The summed E-state index contributed by atoms with van der Waals surface area (Å²) >= 11 is 7.29. The van der Waals surface area contributed by atoms with E-state index in [-0.39, 0.29) is 18.0 Å². The average Bonchev–Trinajstić information content (AvgIpc) is 3.02. The van der Waals surface area contributed by atoms with Crippen LogP contribution in [0.2, 0.25) is 4.34 Å². The van der Waals surface area contributed by atoms with Gasteiger partial charge >= 0.3 is 0 Å². The standard InChI is InChI=1S/C14H12ClN3OS/c15-13-4-3-12(20-13)14(19)18-8-1-2-11(18)9-6-16-7-17-10(9)5-8/h3-4,6-8,11H,1-2,5H2/t8-,11-/m0/s1. The van der Waals surface area contributed by atoms with Gasteiger partial charge in [-0.15, -0.1) is 11.3 Å². The lowest BCUT2D eigenvalue weighted by Crippen LogP contribution is -2.42. The Morgan fingerprint density at radius 2 is 2.30 bits per heavy atom. The molecule has 0 saturated carbocycles. The van der Waals surface area contributed by atoms with Crippen molar-refractivity contribution in [3.63, 3.8) is 0 Å². The van der Waals surface area contributed by atoms with Gasteiger partial charge in [0.15, 0.2) is 0 Å². The van der Waals surface area contributed by atoms with E-state index in [4.69, 9.17) is 11.6 Å². The van der Waals surface area contributed by atoms with Crippen LogP contribution in [0.5, 0.6) is 0 Å². The fraction of sp³-hybridized carbons (Fsp3) is 0.357. The van der Waals surface area contributed by atoms with Crippen molar-refractivity contribution >= 4 is 28.8 Å². The van der Waals surface area contributed by atoms with Crippen LogP contribution in [0, 0.1) is 0 Å². The van der Waals surface area contributed by atoms with Crippen molar-refractivity contribution in [3.05, 3.63) is 45.1 Å². The normalized spacial score (nSPS) is 23.8. The highest BCUT2D eigenvalue weighted by Crippen LogP contribution is 2.43. The van der Waals surface area contributed by atoms with Gasteiger partial charge in [-0.25, -0.2) is 9.97 Å². The van der Waals surface area contributed by atoms with Gasteiger partial charge in [0.1, 0.15) is 6.33 Å². The highest BCUT2D eigenvalue weighted by Gasteiger charge is 2.43.